The molecular weight excluding hydrogens is 577 g/mol. The van der Waals surface area contributed by atoms with Crippen molar-refractivity contribution < 1.29 is 28.2 Å². The number of nitrogens with one attached hydrogen (secondary N) is 1. The Morgan fingerprint density at radius 2 is 1.58 bits per heavy atom. The van der Waals surface area contributed by atoms with Crippen molar-refractivity contribution in [1.82, 2.24) is 19.5 Å². The number of nitrogens with zero attached hydrogens (tertiary/aromatic N) is 4. The molecule has 5 aromatic rings. The number of fused-ring (bicyclic) bond motifs is 1. The van der Waals surface area contributed by atoms with Gasteiger partial charge >= 0.3 is 11.9 Å². The van der Waals surface area contributed by atoms with Crippen LogP contribution in [0.2, 0.25) is 5.28 Å². The van der Waals surface area contributed by atoms with Crippen LogP contribution in [0.15, 0.2) is 97.3 Å². The molecule has 0 unspecified atom stereocenters. The van der Waals surface area contributed by atoms with Crippen LogP contribution >= 0.6 is 11.6 Å². The molecule has 0 spiro atoms. The molecule has 218 valence electrons. The van der Waals surface area contributed by atoms with Crippen molar-refractivity contribution >= 4 is 40.5 Å². The molecule has 3 heterocycles. The summed E-state index contributed by atoms with van der Waals surface area (Å²) >= 11 is 6.26. The topological polar surface area (TPSA) is 117 Å². The van der Waals surface area contributed by atoms with Gasteiger partial charge in [-0.25, -0.2) is 19.0 Å². The molecule has 0 aliphatic carbocycles. The summed E-state index contributed by atoms with van der Waals surface area (Å²) in [6.07, 6.45) is -1.46. The van der Waals surface area contributed by atoms with Gasteiger partial charge in [0.25, 0.3) is 5.79 Å². The van der Waals surface area contributed by atoms with Crippen molar-refractivity contribution in [2.24, 2.45) is 0 Å². The highest BCUT2D eigenvalue weighted by Crippen LogP contribution is 2.39. The summed E-state index contributed by atoms with van der Waals surface area (Å²) in [5.74, 6) is -3.60. The van der Waals surface area contributed by atoms with E-state index in [2.05, 4.69) is 20.3 Å². The molecule has 3 atom stereocenters. The zero-order valence-corrected chi connectivity index (χ0v) is 23.4. The fourth-order valence-corrected chi connectivity index (χ4v) is 4.97. The first-order chi connectivity index (χ1) is 20.9. The number of halogens is 2. The number of aromatic nitrogens is 4. The van der Waals surface area contributed by atoms with Crippen molar-refractivity contribution in [3.8, 4) is 0 Å². The van der Waals surface area contributed by atoms with Crippen LogP contribution in [0.25, 0.3) is 11.2 Å². The van der Waals surface area contributed by atoms with E-state index in [0.29, 0.717) is 17.9 Å². The first-order valence-corrected chi connectivity index (χ1v) is 13.8. The second-order valence-corrected chi connectivity index (χ2v) is 10.1. The molecule has 0 bridgehead atoms. The third-order valence-electron chi connectivity index (χ3n) is 6.98. The smallest absolute Gasteiger partial charge is 0.338 e. The summed E-state index contributed by atoms with van der Waals surface area (Å²) in [5, 5.41) is 3.04. The highest BCUT2D eigenvalue weighted by atomic mass is 35.5. The van der Waals surface area contributed by atoms with Crippen LogP contribution in [-0.4, -0.2) is 56.9 Å². The normalized spacial score (nSPS) is 19.7. The zero-order chi connectivity index (χ0) is 29.8. The van der Waals surface area contributed by atoms with E-state index in [-0.39, 0.29) is 28.6 Å². The Labute approximate surface area is 250 Å². The summed E-state index contributed by atoms with van der Waals surface area (Å²) in [7, 11) is 0. The fourth-order valence-electron chi connectivity index (χ4n) is 4.81. The second kappa shape index (κ2) is 12.2. The van der Waals surface area contributed by atoms with Gasteiger partial charge < -0.3 is 19.5 Å². The number of benzene rings is 3. The van der Waals surface area contributed by atoms with Crippen molar-refractivity contribution in [3.05, 3.63) is 119 Å². The number of hydrogen-bond acceptors (Lipinski definition) is 9. The first-order valence-electron chi connectivity index (χ1n) is 13.4. The molecule has 6 rings (SSSR count). The predicted octanol–water partition coefficient (Wildman–Crippen LogP) is 5.20. The Kier molecular flexibility index (Phi) is 7.99. The average Bonchev–Trinajstić information content (AvgIpc) is 3.61. The molecule has 0 radical (unpaired) electrons. The minimum atomic E-state index is -2.49. The maximum atomic E-state index is 17.2. The van der Waals surface area contributed by atoms with E-state index in [0.717, 1.165) is 10.1 Å². The lowest BCUT2D eigenvalue weighted by atomic mass is 10.1. The third-order valence-corrected chi connectivity index (χ3v) is 7.15. The van der Waals surface area contributed by atoms with E-state index in [4.69, 9.17) is 25.8 Å². The van der Waals surface area contributed by atoms with E-state index in [1.54, 1.807) is 60.7 Å². The average molecular weight is 602 g/mol. The van der Waals surface area contributed by atoms with Gasteiger partial charge in [-0.3, -0.25) is 4.57 Å². The Morgan fingerprint density at radius 1 is 0.953 bits per heavy atom. The minimum Gasteiger partial charge on any atom is -0.459 e. The van der Waals surface area contributed by atoms with Crippen LogP contribution in [0.1, 0.15) is 26.3 Å². The summed E-state index contributed by atoms with van der Waals surface area (Å²) in [6, 6.07) is 26.1. The first kappa shape index (κ1) is 28.3. The Morgan fingerprint density at radius 3 is 2.26 bits per heavy atom. The molecule has 1 fully saturated rings. The number of carbonyl (C=O) groups is 2. The maximum absolute atomic E-state index is 17.2. The number of hydrogen-bond donors (Lipinski definition) is 1. The van der Waals surface area contributed by atoms with Crippen LogP contribution < -0.4 is 5.32 Å². The van der Waals surface area contributed by atoms with Crippen molar-refractivity contribution in [1.29, 1.82) is 0 Å². The molecule has 1 aliphatic heterocycles. The van der Waals surface area contributed by atoms with Gasteiger partial charge in [0.05, 0.1) is 11.1 Å². The lowest BCUT2D eigenvalue weighted by Crippen LogP contribution is -2.46. The molecule has 3 aromatic carbocycles. The largest absolute Gasteiger partial charge is 0.459 e. The highest BCUT2D eigenvalue weighted by Gasteiger charge is 2.56. The van der Waals surface area contributed by atoms with Crippen LogP contribution in [-0.2, 0) is 26.5 Å². The van der Waals surface area contributed by atoms with Gasteiger partial charge in [-0.15, -0.1) is 0 Å². The summed E-state index contributed by atoms with van der Waals surface area (Å²) in [6.45, 7) is -0.516. The number of esters is 2. The lowest BCUT2D eigenvalue weighted by Gasteiger charge is -2.29. The summed E-state index contributed by atoms with van der Waals surface area (Å²) < 4.78 is 35.3. The van der Waals surface area contributed by atoms with Gasteiger partial charge in [-0.2, -0.15) is 9.97 Å². The number of carbonyl (C=O) groups excluding carboxylic acids is 2. The summed E-state index contributed by atoms with van der Waals surface area (Å²) in [4.78, 5) is 38.6. The van der Waals surface area contributed by atoms with E-state index >= 15 is 4.39 Å². The predicted molar refractivity (Wildman–Crippen MR) is 155 cm³/mol. The molecular formula is C31H25ClFN5O5. The SMILES string of the molecule is O=C(OC[C@H]1OC[C@@](F)(n2cnc3c(NCc4ccccc4)nc(Cl)nc32)[C@@H]1OC(=O)c1ccccc1)c1ccccc1. The van der Waals surface area contributed by atoms with Crippen molar-refractivity contribution in [3.63, 3.8) is 0 Å². The molecule has 0 amide bonds. The van der Waals surface area contributed by atoms with Crippen LogP contribution in [0, 0.1) is 0 Å². The van der Waals surface area contributed by atoms with E-state index in [1.807, 2.05) is 30.3 Å². The van der Waals surface area contributed by atoms with Gasteiger partial charge in [0.1, 0.15) is 25.6 Å². The van der Waals surface area contributed by atoms with E-state index in [1.165, 1.54) is 6.33 Å². The van der Waals surface area contributed by atoms with Gasteiger partial charge in [-0.1, -0.05) is 66.7 Å². The number of ether oxygens (including phenoxy) is 3. The number of anilines is 1. The molecule has 10 nitrogen and oxygen atoms in total. The molecule has 1 N–H and O–H groups in total. The standard InChI is InChI=1S/C31H25ClFN5O5/c32-30-36-26(34-16-20-10-4-1-5-11-20)24-27(37-30)38(19-35-24)31(33)18-42-23(17-41-28(39)21-12-6-2-7-13-21)25(31)43-29(40)22-14-8-3-9-15-22/h1-15,19,23,25H,16-18H2,(H,34,36,37)/t23-,25-,31-/m1/s1. The minimum absolute atomic E-state index is 0.0596. The van der Waals surface area contributed by atoms with Crippen LogP contribution in [0.4, 0.5) is 10.2 Å². The Bertz CT molecular complexity index is 1740. The zero-order valence-electron chi connectivity index (χ0n) is 22.6. The molecule has 2 aromatic heterocycles. The van der Waals surface area contributed by atoms with Crippen LogP contribution in [0.5, 0.6) is 0 Å². The van der Waals surface area contributed by atoms with Crippen molar-refractivity contribution in [2.75, 3.05) is 18.5 Å². The molecule has 1 aliphatic rings. The molecule has 12 heteroatoms. The second-order valence-electron chi connectivity index (χ2n) is 9.79. The number of alkyl halides is 1. The fraction of sp³-hybridized carbons (Fsp3) is 0.194. The van der Waals surface area contributed by atoms with Crippen LogP contribution in [0.3, 0.4) is 0 Å². The quantitative estimate of drug-likeness (QED) is 0.180. The summed E-state index contributed by atoms with van der Waals surface area (Å²) in [5.41, 5.74) is 1.82. The van der Waals surface area contributed by atoms with Gasteiger partial charge in [0.15, 0.2) is 23.1 Å². The maximum Gasteiger partial charge on any atom is 0.338 e. The van der Waals surface area contributed by atoms with E-state index in [9.17, 15) is 9.59 Å². The van der Waals surface area contributed by atoms with E-state index < -0.39 is 36.5 Å². The lowest BCUT2D eigenvalue weighted by molar-refractivity contribution is -0.0667. The number of rotatable bonds is 9. The Hall–Kier alpha value is -4.87. The van der Waals surface area contributed by atoms with Crippen molar-refractivity contribution in [2.45, 2.75) is 24.5 Å². The molecule has 43 heavy (non-hydrogen) atoms. The monoisotopic (exact) mass is 601 g/mol. The third kappa shape index (κ3) is 5.90. The molecule has 0 saturated carbocycles. The highest BCUT2D eigenvalue weighted by molar-refractivity contribution is 6.28. The Balaban J connectivity index is 1.31. The molecule has 1 saturated heterocycles. The van der Waals surface area contributed by atoms with Gasteiger partial charge in [0, 0.05) is 6.54 Å². The van der Waals surface area contributed by atoms with Gasteiger partial charge in [0.2, 0.25) is 5.28 Å². The van der Waals surface area contributed by atoms with Gasteiger partial charge in [-0.05, 0) is 41.4 Å². The number of imidazole rings is 1.